The summed E-state index contributed by atoms with van der Waals surface area (Å²) in [5, 5.41) is 10.2. The molecule has 13 heavy (non-hydrogen) atoms. The standard InChI is InChI=1S/C8H11NO4/c1-2-3-7-6(5-9(11)12)4-8(10)13-7/h2,6-7H,1,3-5H2/t6-,7-/m1/s1. The van der Waals surface area contributed by atoms with Gasteiger partial charge in [0.15, 0.2) is 0 Å². The summed E-state index contributed by atoms with van der Waals surface area (Å²) in [6, 6.07) is 0. The summed E-state index contributed by atoms with van der Waals surface area (Å²) in [5.74, 6) is -0.640. The highest BCUT2D eigenvalue weighted by atomic mass is 16.6. The number of rotatable bonds is 4. The van der Waals surface area contributed by atoms with Crippen molar-refractivity contribution >= 4 is 5.97 Å². The Morgan fingerprint density at radius 1 is 1.77 bits per heavy atom. The zero-order valence-corrected chi connectivity index (χ0v) is 7.14. The fourth-order valence-corrected chi connectivity index (χ4v) is 1.44. The molecule has 0 amide bonds. The number of nitrogens with zero attached hydrogens (tertiary/aromatic N) is 1. The molecule has 0 aromatic heterocycles. The number of carbonyl (C=O) groups excluding carboxylic acids is 1. The quantitative estimate of drug-likeness (QED) is 0.281. The van der Waals surface area contributed by atoms with Gasteiger partial charge in [-0.2, -0.15) is 0 Å². The molecule has 0 N–H and O–H groups in total. The maximum Gasteiger partial charge on any atom is 0.306 e. The Balaban J connectivity index is 2.54. The molecule has 1 heterocycles. The first-order chi connectivity index (χ1) is 6.13. The van der Waals surface area contributed by atoms with Crippen molar-refractivity contribution in [1.29, 1.82) is 0 Å². The lowest BCUT2D eigenvalue weighted by molar-refractivity contribution is -0.489. The van der Waals surface area contributed by atoms with Crippen LogP contribution in [0, 0.1) is 16.0 Å². The molecule has 1 aliphatic rings. The second-order valence-corrected chi connectivity index (χ2v) is 3.03. The lowest BCUT2D eigenvalue weighted by Crippen LogP contribution is -2.22. The van der Waals surface area contributed by atoms with Crippen molar-refractivity contribution in [3.8, 4) is 0 Å². The summed E-state index contributed by atoms with van der Waals surface area (Å²) in [4.78, 5) is 20.7. The smallest absolute Gasteiger partial charge is 0.306 e. The number of nitro groups is 1. The molecule has 0 unspecified atom stereocenters. The number of hydrogen-bond donors (Lipinski definition) is 0. The van der Waals surface area contributed by atoms with Crippen LogP contribution in [-0.4, -0.2) is 23.5 Å². The van der Waals surface area contributed by atoms with E-state index in [1.54, 1.807) is 6.08 Å². The average molecular weight is 185 g/mol. The molecule has 72 valence electrons. The van der Waals surface area contributed by atoms with Crippen LogP contribution in [0.2, 0.25) is 0 Å². The van der Waals surface area contributed by atoms with Crippen LogP contribution in [0.1, 0.15) is 12.8 Å². The van der Waals surface area contributed by atoms with E-state index in [2.05, 4.69) is 6.58 Å². The molecule has 0 aromatic rings. The lowest BCUT2D eigenvalue weighted by Gasteiger charge is -2.11. The van der Waals surface area contributed by atoms with Gasteiger partial charge in [-0.25, -0.2) is 0 Å². The van der Waals surface area contributed by atoms with Crippen LogP contribution in [0.15, 0.2) is 12.7 Å². The van der Waals surface area contributed by atoms with Gasteiger partial charge in [-0.15, -0.1) is 6.58 Å². The van der Waals surface area contributed by atoms with E-state index < -0.39 is 4.92 Å². The molecular formula is C8H11NO4. The summed E-state index contributed by atoms with van der Waals surface area (Å²) < 4.78 is 4.90. The Morgan fingerprint density at radius 2 is 2.46 bits per heavy atom. The van der Waals surface area contributed by atoms with Crippen LogP contribution in [0.25, 0.3) is 0 Å². The summed E-state index contributed by atoms with van der Waals surface area (Å²) in [7, 11) is 0. The van der Waals surface area contributed by atoms with Gasteiger partial charge in [-0.3, -0.25) is 14.9 Å². The molecule has 1 rings (SSSR count). The second kappa shape index (κ2) is 4.02. The van der Waals surface area contributed by atoms with Gasteiger partial charge >= 0.3 is 5.97 Å². The van der Waals surface area contributed by atoms with Crippen molar-refractivity contribution in [2.24, 2.45) is 5.92 Å². The van der Waals surface area contributed by atoms with Gasteiger partial charge in [-0.05, 0) is 0 Å². The van der Waals surface area contributed by atoms with Crippen LogP contribution in [-0.2, 0) is 9.53 Å². The molecule has 0 radical (unpaired) electrons. The van der Waals surface area contributed by atoms with Crippen molar-refractivity contribution in [3.05, 3.63) is 22.8 Å². The lowest BCUT2D eigenvalue weighted by atomic mass is 9.99. The van der Waals surface area contributed by atoms with Crippen molar-refractivity contribution in [1.82, 2.24) is 0 Å². The van der Waals surface area contributed by atoms with Gasteiger partial charge in [0.1, 0.15) is 6.10 Å². The van der Waals surface area contributed by atoms with E-state index in [4.69, 9.17) is 4.74 Å². The fraction of sp³-hybridized carbons (Fsp3) is 0.625. The van der Waals surface area contributed by atoms with E-state index in [1.807, 2.05) is 0 Å². The van der Waals surface area contributed by atoms with Crippen molar-refractivity contribution in [2.45, 2.75) is 18.9 Å². The number of esters is 1. The highest BCUT2D eigenvalue weighted by Gasteiger charge is 2.37. The van der Waals surface area contributed by atoms with Gasteiger partial charge in [0.25, 0.3) is 0 Å². The predicted octanol–water partition coefficient (Wildman–Crippen LogP) is 0.771. The summed E-state index contributed by atoms with van der Waals surface area (Å²) >= 11 is 0. The molecule has 5 heteroatoms. The summed E-state index contributed by atoms with van der Waals surface area (Å²) in [6.45, 7) is 3.30. The first-order valence-electron chi connectivity index (χ1n) is 4.05. The van der Waals surface area contributed by atoms with E-state index in [0.717, 1.165) is 0 Å². The minimum absolute atomic E-state index is 0.152. The monoisotopic (exact) mass is 185 g/mol. The molecule has 0 saturated carbocycles. The van der Waals surface area contributed by atoms with Crippen molar-refractivity contribution < 1.29 is 14.5 Å². The van der Waals surface area contributed by atoms with E-state index in [9.17, 15) is 14.9 Å². The third-order valence-corrected chi connectivity index (χ3v) is 2.02. The molecular weight excluding hydrogens is 174 g/mol. The Labute approximate surface area is 75.5 Å². The maximum atomic E-state index is 10.8. The molecule has 1 saturated heterocycles. The summed E-state index contributed by atoms with van der Waals surface area (Å²) in [6.07, 6.45) is 1.90. The van der Waals surface area contributed by atoms with Gasteiger partial charge in [0.2, 0.25) is 6.54 Å². The highest BCUT2D eigenvalue weighted by molar-refractivity contribution is 5.72. The first-order valence-corrected chi connectivity index (χ1v) is 4.05. The van der Waals surface area contributed by atoms with Gasteiger partial charge in [-0.1, -0.05) is 6.08 Å². The SMILES string of the molecule is C=CC[C@H]1OC(=O)C[C@@H]1C[N+](=O)[O-]. The van der Waals surface area contributed by atoms with Crippen LogP contribution < -0.4 is 0 Å². The maximum absolute atomic E-state index is 10.8. The zero-order valence-electron chi connectivity index (χ0n) is 7.14. The first kappa shape index (κ1) is 9.70. The zero-order chi connectivity index (χ0) is 9.84. The van der Waals surface area contributed by atoms with Crippen LogP contribution in [0.5, 0.6) is 0 Å². The highest BCUT2D eigenvalue weighted by Crippen LogP contribution is 2.24. The number of cyclic esters (lactones) is 1. The molecule has 1 fully saturated rings. The third kappa shape index (κ3) is 2.54. The molecule has 0 spiro atoms. The Morgan fingerprint density at radius 3 is 3.00 bits per heavy atom. The van der Waals surface area contributed by atoms with Crippen molar-refractivity contribution in [3.63, 3.8) is 0 Å². The van der Waals surface area contributed by atoms with E-state index in [-0.39, 0.29) is 31.0 Å². The normalized spacial score (nSPS) is 26.9. The van der Waals surface area contributed by atoms with Crippen LogP contribution in [0.3, 0.4) is 0 Å². The molecule has 1 aliphatic heterocycles. The fourth-order valence-electron chi connectivity index (χ4n) is 1.44. The minimum Gasteiger partial charge on any atom is -0.461 e. The largest absolute Gasteiger partial charge is 0.461 e. The third-order valence-electron chi connectivity index (χ3n) is 2.02. The van der Waals surface area contributed by atoms with Crippen molar-refractivity contribution in [2.75, 3.05) is 6.54 Å². The molecule has 0 aliphatic carbocycles. The number of hydrogen-bond acceptors (Lipinski definition) is 4. The van der Waals surface area contributed by atoms with Crippen LogP contribution >= 0.6 is 0 Å². The minimum atomic E-state index is -0.414. The second-order valence-electron chi connectivity index (χ2n) is 3.03. The van der Waals surface area contributed by atoms with Crippen LogP contribution in [0.4, 0.5) is 0 Å². The Kier molecular flexibility index (Phi) is 3.00. The number of ether oxygens (including phenoxy) is 1. The molecule has 0 bridgehead atoms. The van der Waals surface area contributed by atoms with Gasteiger partial charge < -0.3 is 4.74 Å². The van der Waals surface area contributed by atoms with Gasteiger partial charge in [0, 0.05) is 11.3 Å². The number of carbonyl (C=O) groups is 1. The van der Waals surface area contributed by atoms with Gasteiger partial charge in [0.05, 0.1) is 12.3 Å². The molecule has 5 nitrogen and oxygen atoms in total. The Bertz CT molecular complexity index is 238. The molecule has 0 aromatic carbocycles. The topological polar surface area (TPSA) is 69.4 Å². The van der Waals surface area contributed by atoms with E-state index in [0.29, 0.717) is 6.42 Å². The average Bonchev–Trinajstić information content (AvgIpc) is 2.31. The summed E-state index contributed by atoms with van der Waals surface area (Å²) in [5.41, 5.74) is 0. The van der Waals surface area contributed by atoms with E-state index in [1.165, 1.54) is 0 Å². The Hall–Kier alpha value is -1.39. The molecule has 2 atom stereocenters. The van der Waals surface area contributed by atoms with E-state index >= 15 is 0 Å². The predicted molar refractivity (Wildman–Crippen MR) is 44.7 cm³/mol.